The van der Waals surface area contributed by atoms with Crippen molar-refractivity contribution in [3.05, 3.63) is 58.6 Å². The highest BCUT2D eigenvalue weighted by molar-refractivity contribution is 6.31. The van der Waals surface area contributed by atoms with Crippen LogP contribution in [-0.2, 0) is 15.8 Å². The van der Waals surface area contributed by atoms with Gasteiger partial charge < -0.3 is 10.2 Å². The lowest BCUT2D eigenvalue weighted by Crippen LogP contribution is -2.36. The Morgan fingerprint density at radius 3 is 2.42 bits per heavy atom. The molecule has 4 nitrogen and oxygen atoms in total. The maximum absolute atomic E-state index is 12.9. The van der Waals surface area contributed by atoms with E-state index in [1.807, 2.05) is 13.0 Å². The summed E-state index contributed by atoms with van der Waals surface area (Å²) in [4.78, 5) is 25.3. The molecule has 2 aromatic rings. The van der Waals surface area contributed by atoms with Gasteiger partial charge in [-0.3, -0.25) is 9.59 Å². The lowest BCUT2D eigenvalue weighted by molar-refractivity contribution is -0.137. The van der Waals surface area contributed by atoms with E-state index in [2.05, 4.69) is 5.32 Å². The molecule has 2 aromatic carbocycles. The first-order valence-electron chi connectivity index (χ1n) is 7.59. The summed E-state index contributed by atoms with van der Waals surface area (Å²) in [6.07, 6.45) is -4.63. The van der Waals surface area contributed by atoms with Crippen molar-refractivity contribution < 1.29 is 22.8 Å². The van der Waals surface area contributed by atoms with E-state index in [1.54, 1.807) is 18.2 Å². The average Bonchev–Trinajstić information content (AvgIpc) is 2.53. The monoisotopic (exact) mass is 384 g/mol. The summed E-state index contributed by atoms with van der Waals surface area (Å²) < 4.78 is 38.7. The maximum Gasteiger partial charge on any atom is 0.417 e. The number of hydrogen-bond acceptors (Lipinski definition) is 2. The summed E-state index contributed by atoms with van der Waals surface area (Å²) in [5.41, 5.74) is 0.333. The Labute approximate surface area is 153 Å². The van der Waals surface area contributed by atoms with Gasteiger partial charge in [-0.05, 0) is 42.8 Å². The van der Waals surface area contributed by atoms with Gasteiger partial charge in [0.1, 0.15) is 6.54 Å². The molecular weight excluding hydrogens is 369 g/mol. The summed E-state index contributed by atoms with van der Waals surface area (Å²) >= 11 is 5.55. The second-order valence-electron chi connectivity index (χ2n) is 5.68. The van der Waals surface area contributed by atoms with Crippen molar-refractivity contribution in [1.82, 2.24) is 0 Å². The Kier molecular flexibility index (Phi) is 5.92. The molecule has 8 heteroatoms. The van der Waals surface area contributed by atoms with Crippen LogP contribution in [0.5, 0.6) is 0 Å². The van der Waals surface area contributed by atoms with E-state index in [1.165, 1.54) is 17.9 Å². The van der Waals surface area contributed by atoms with Crippen LogP contribution in [0.4, 0.5) is 24.5 Å². The molecule has 0 radical (unpaired) electrons. The molecule has 0 aliphatic heterocycles. The van der Waals surface area contributed by atoms with E-state index >= 15 is 0 Å². The van der Waals surface area contributed by atoms with E-state index in [0.717, 1.165) is 17.7 Å². The van der Waals surface area contributed by atoms with Crippen LogP contribution in [0.25, 0.3) is 0 Å². The third kappa shape index (κ3) is 4.98. The first-order chi connectivity index (χ1) is 12.1. The van der Waals surface area contributed by atoms with E-state index in [9.17, 15) is 22.8 Å². The molecule has 1 N–H and O–H groups in total. The molecule has 0 unspecified atom stereocenters. The summed E-state index contributed by atoms with van der Waals surface area (Å²) in [5.74, 6) is -0.991. The lowest BCUT2D eigenvalue weighted by atomic mass is 10.2. The molecular formula is C18H16ClF3N2O2. The molecule has 138 valence electrons. The molecule has 26 heavy (non-hydrogen) atoms. The number of carbonyl (C=O) groups excluding carboxylic acids is 2. The summed E-state index contributed by atoms with van der Waals surface area (Å²) in [7, 11) is 0. The SMILES string of the molecule is CC(=O)N(CC(=O)Nc1ccc(Cl)c(C(F)(F)F)c1)c1cccc(C)c1. The highest BCUT2D eigenvalue weighted by Gasteiger charge is 2.33. The second-order valence-corrected chi connectivity index (χ2v) is 6.09. The maximum atomic E-state index is 12.9. The molecule has 2 amide bonds. The fraction of sp³-hybridized carbons (Fsp3) is 0.222. The van der Waals surface area contributed by atoms with Gasteiger partial charge in [0, 0.05) is 18.3 Å². The van der Waals surface area contributed by atoms with E-state index < -0.39 is 22.7 Å². The van der Waals surface area contributed by atoms with Crippen molar-refractivity contribution in [3.63, 3.8) is 0 Å². The Bertz CT molecular complexity index is 837. The first kappa shape index (κ1) is 19.8. The van der Waals surface area contributed by atoms with Crippen LogP contribution in [0.3, 0.4) is 0 Å². The molecule has 0 heterocycles. The van der Waals surface area contributed by atoms with Crippen molar-refractivity contribution in [2.75, 3.05) is 16.8 Å². The first-order valence-corrected chi connectivity index (χ1v) is 7.97. The van der Waals surface area contributed by atoms with E-state index in [0.29, 0.717) is 5.69 Å². The van der Waals surface area contributed by atoms with Gasteiger partial charge in [-0.1, -0.05) is 23.7 Å². The molecule has 0 spiro atoms. The van der Waals surface area contributed by atoms with Crippen LogP contribution in [0.2, 0.25) is 5.02 Å². The van der Waals surface area contributed by atoms with Crippen LogP contribution in [0.15, 0.2) is 42.5 Å². The fourth-order valence-corrected chi connectivity index (χ4v) is 2.57. The number of rotatable bonds is 4. The van der Waals surface area contributed by atoms with Crippen LogP contribution in [0.1, 0.15) is 18.1 Å². The number of nitrogens with zero attached hydrogens (tertiary/aromatic N) is 1. The zero-order chi connectivity index (χ0) is 19.5. The van der Waals surface area contributed by atoms with Gasteiger partial charge in [-0.25, -0.2) is 0 Å². The van der Waals surface area contributed by atoms with Crippen molar-refractivity contribution >= 4 is 34.8 Å². The van der Waals surface area contributed by atoms with E-state index in [-0.39, 0.29) is 18.1 Å². The number of nitrogens with one attached hydrogen (secondary N) is 1. The number of hydrogen-bond donors (Lipinski definition) is 1. The Morgan fingerprint density at radius 2 is 1.85 bits per heavy atom. The van der Waals surface area contributed by atoms with Gasteiger partial charge in [0.25, 0.3) is 0 Å². The predicted octanol–water partition coefficient (Wildman–Crippen LogP) is 4.66. The molecule has 0 saturated carbocycles. The largest absolute Gasteiger partial charge is 0.417 e. The standard InChI is InChI=1S/C18H16ClF3N2O2/c1-11-4-3-5-14(8-11)24(12(2)25)10-17(26)23-13-6-7-16(19)15(9-13)18(20,21)22/h3-9H,10H2,1-2H3,(H,23,26). The molecule has 0 fully saturated rings. The Hall–Kier alpha value is -2.54. The number of anilines is 2. The molecule has 0 saturated heterocycles. The fourth-order valence-electron chi connectivity index (χ4n) is 2.34. The third-order valence-electron chi connectivity index (χ3n) is 3.55. The van der Waals surface area contributed by atoms with Crippen molar-refractivity contribution in [2.24, 2.45) is 0 Å². The number of amides is 2. The summed E-state index contributed by atoms with van der Waals surface area (Å²) in [5, 5.41) is 1.90. The zero-order valence-corrected chi connectivity index (χ0v) is 14.8. The minimum absolute atomic E-state index is 0.0560. The molecule has 2 rings (SSSR count). The summed E-state index contributed by atoms with van der Waals surface area (Å²) in [6.45, 7) is 2.82. The second kappa shape index (κ2) is 7.78. The van der Waals surface area contributed by atoms with Crippen LogP contribution in [-0.4, -0.2) is 18.4 Å². The van der Waals surface area contributed by atoms with Crippen molar-refractivity contribution in [2.45, 2.75) is 20.0 Å². The quantitative estimate of drug-likeness (QED) is 0.833. The van der Waals surface area contributed by atoms with Crippen molar-refractivity contribution in [1.29, 1.82) is 0 Å². The number of carbonyl (C=O) groups is 2. The normalized spacial score (nSPS) is 11.2. The highest BCUT2D eigenvalue weighted by atomic mass is 35.5. The van der Waals surface area contributed by atoms with Crippen LogP contribution < -0.4 is 10.2 Å². The minimum Gasteiger partial charge on any atom is -0.325 e. The van der Waals surface area contributed by atoms with Gasteiger partial charge >= 0.3 is 6.18 Å². The molecule has 0 bridgehead atoms. The molecule has 0 aliphatic rings. The van der Waals surface area contributed by atoms with Crippen LogP contribution in [0, 0.1) is 6.92 Å². The molecule has 0 atom stereocenters. The third-order valence-corrected chi connectivity index (χ3v) is 3.88. The smallest absolute Gasteiger partial charge is 0.325 e. The molecule has 0 aromatic heterocycles. The topological polar surface area (TPSA) is 49.4 Å². The van der Waals surface area contributed by atoms with Crippen molar-refractivity contribution in [3.8, 4) is 0 Å². The minimum atomic E-state index is -4.63. The summed E-state index contributed by atoms with van der Waals surface area (Å²) in [6, 6.07) is 10.1. The van der Waals surface area contributed by atoms with E-state index in [4.69, 9.17) is 11.6 Å². The Morgan fingerprint density at radius 1 is 1.15 bits per heavy atom. The number of aryl methyl sites for hydroxylation is 1. The highest BCUT2D eigenvalue weighted by Crippen LogP contribution is 2.36. The lowest BCUT2D eigenvalue weighted by Gasteiger charge is -2.21. The zero-order valence-electron chi connectivity index (χ0n) is 14.0. The van der Waals surface area contributed by atoms with Gasteiger partial charge in [0.05, 0.1) is 10.6 Å². The average molecular weight is 385 g/mol. The number of halogens is 4. The van der Waals surface area contributed by atoms with Gasteiger partial charge in [-0.2, -0.15) is 13.2 Å². The van der Waals surface area contributed by atoms with Gasteiger partial charge in [-0.15, -0.1) is 0 Å². The predicted molar refractivity (Wildman–Crippen MR) is 94.3 cm³/mol. The number of alkyl halides is 3. The van der Waals surface area contributed by atoms with Gasteiger partial charge in [0.2, 0.25) is 11.8 Å². The Balaban J connectivity index is 2.18. The van der Waals surface area contributed by atoms with Gasteiger partial charge in [0.15, 0.2) is 0 Å². The number of benzene rings is 2. The van der Waals surface area contributed by atoms with Crippen LogP contribution >= 0.6 is 11.6 Å². The molecule has 0 aliphatic carbocycles.